The van der Waals surface area contributed by atoms with E-state index >= 15 is 0 Å². The molecule has 0 aromatic rings. The molecular weight excluding hydrogens is 252 g/mol. The van der Waals surface area contributed by atoms with Crippen molar-refractivity contribution < 1.29 is 13.2 Å². The van der Waals surface area contributed by atoms with E-state index in [2.05, 4.69) is 0 Å². The summed E-state index contributed by atoms with van der Waals surface area (Å²) < 4.78 is 24.9. The van der Waals surface area contributed by atoms with Crippen LogP contribution >= 0.6 is 0 Å². The first-order valence-corrected chi connectivity index (χ1v) is 8.33. The summed E-state index contributed by atoms with van der Waals surface area (Å²) in [5, 5.41) is 0. The van der Waals surface area contributed by atoms with E-state index in [1.807, 2.05) is 13.8 Å². The Hall–Kier alpha value is -0.620. The van der Waals surface area contributed by atoms with Crippen molar-refractivity contribution in [3.05, 3.63) is 0 Å². The SMILES string of the molecule is CCC(CC)C(=O)N1CCN(S(=O)(=O)CC)CC1. The summed E-state index contributed by atoms with van der Waals surface area (Å²) in [6, 6.07) is 0. The van der Waals surface area contributed by atoms with E-state index < -0.39 is 10.0 Å². The minimum atomic E-state index is -3.11. The molecule has 5 nitrogen and oxygen atoms in total. The zero-order valence-corrected chi connectivity index (χ0v) is 12.4. The molecule has 0 radical (unpaired) electrons. The van der Waals surface area contributed by atoms with Gasteiger partial charge in [0, 0.05) is 32.1 Å². The standard InChI is InChI=1S/C12H24N2O3S/c1-4-11(5-2)12(15)13-7-9-14(10-8-13)18(16,17)6-3/h11H,4-10H2,1-3H3. The molecule has 1 saturated heterocycles. The Bertz CT molecular complexity index is 369. The van der Waals surface area contributed by atoms with E-state index in [1.54, 1.807) is 11.8 Å². The lowest BCUT2D eigenvalue weighted by molar-refractivity contribution is -0.136. The molecule has 0 unspecified atom stereocenters. The van der Waals surface area contributed by atoms with Crippen molar-refractivity contribution in [1.29, 1.82) is 0 Å². The number of carbonyl (C=O) groups excluding carboxylic acids is 1. The number of hydrogen-bond donors (Lipinski definition) is 0. The summed E-state index contributed by atoms with van der Waals surface area (Å²) in [6.45, 7) is 7.60. The van der Waals surface area contributed by atoms with E-state index in [9.17, 15) is 13.2 Å². The molecule has 1 amide bonds. The monoisotopic (exact) mass is 276 g/mol. The first-order valence-electron chi connectivity index (χ1n) is 6.72. The highest BCUT2D eigenvalue weighted by atomic mass is 32.2. The third-order valence-corrected chi connectivity index (χ3v) is 5.52. The van der Waals surface area contributed by atoms with Gasteiger partial charge >= 0.3 is 0 Å². The lowest BCUT2D eigenvalue weighted by Crippen LogP contribution is -2.52. The summed E-state index contributed by atoms with van der Waals surface area (Å²) in [5.41, 5.74) is 0. The average Bonchev–Trinajstić information content (AvgIpc) is 2.40. The third kappa shape index (κ3) is 3.45. The minimum absolute atomic E-state index is 0.0827. The Morgan fingerprint density at radius 3 is 1.94 bits per heavy atom. The van der Waals surface area contributed by atoms with Crippen LogP contribution in [-0.4, -0.2) is 55.5 Å². The molecule has 1 rings (SSSR count). The van der Waals surface area contributed by atoms with E-state index in [-0.39, 0.29) is 17.6 Å². The number of carbonyl (C=O) groups is 1. The Morgan fingerprint density at radius 2 is 1.56 bits per heavy atom. The minimum Gasteiger partial charge on any atom is -0.340 e. The quantitative estimate of drug-likeness (QED) is 0.750. The van der Waals surface area contributed by atoms with E-state index in [1.165, 1.54) is 4.31 Å². The molecular formula is C12H24N2O3S. The smallest absolute Gasteiger partial charge is 0.225 e. The number of amides is 1. The number of sulfonamides is 1. The van der Waals surface area contributed by atoms with Gasteiger partial charge in [0.15, 0.2) is 0 Å². The Kier molecular flexibility index (Phi) is 5.59. The zero-order valence-electron chi connectivity index (χ0n) is 11.6. The summed E-state index contributed by atoms with van der Waals surface area (Å²) in [5.74, 6) is 0.390. The zero-order chi connectivity index (χ0) is 13.8. The fourth-order valence-corrected chi connectivity index (χ4v) is 3.35. The predicted octanol–water partition coefficient (Wildman–Crippen LogP) is 0.917. The molecule has 0 atom stereocenters. The van der Waals surface area contributed by atoms with Gasteiger partial charge in [0.2, 0.25) is 15.9 Å². The molecule has 1 aliphatic rings. The van der Waals surface area contributed by atoms with Crippen LogP contribution in [0.15, 0.2) is 0 Å². The predicted molar refractivity (Wildman–Crippen MR) is 71.7 cm³/mol. The van der Waals surface area contributed by atoms with Crippen LogP contribution in [0.5, 0.6) is 0 Å². The average molecular weight is 276 g/mol. The summed E-state index contributed by atoms with van der Waals surface area (Å²) >= 11 is 0. The van der Waals surface area contributed by atoms with Crippen molar-refractivity contribution in [2.45, 2.75) is 33.6 Å². The molecule has 0 aromatic carbocycles. The second kappa shape index (κ2) is 6.52. The maximum Gasteiger partial charge on any atom is 0.225 e. The van der Waals surface area contributed by atoms with Crippen molar-refractivity contribution in [2.75, 3.05) is 31.9 Å². The van der Waals surface area contributed by atoms with Crippen LogP contribution in [0.4, 0.5) is 0 Å². The molecule has 1 heterocycles. The number of hydrogen-bond acceptors (Lipinski definition) is 3. The van der Waals surface area contributed by atoms with Crippen LogP contribution in [0.3, 0.4) is 0 Å². The third-order valence-electron chi connectivity index (χ3n) is 3.64. The summed E-state index contributed by atoms with van der Waals surface area (Å²) in [6.07, 6.45) is 1.70. The molecule has 0 bridgehead atoms. The molecule has 0 saturated carbocycles. The number of piperazine rings is 1. The fraction of sp³-hybridized carbons (Fsp3) is 0.917. The molecule has 0 spiro atoms. The Morgan fingerprint density at radius 1 is 1.06 bits per heavy atom. The fourth-order valence-electron chi connectivity index (χ4n) is 2.27. The first-order chi connectivity index (χ1) is 8.46. The highest BCUT2D eigenvalue weighted by Crippen LogP contribution is 2.15. The van der Waals surface area contributed by atoms with Crippen LogP contribution in [0.2, 0.25) is 0 Å². The van der Waals surface area contributed by atoms with E-state index in [4.69, 9.17) is 0 Å². The van der Waals surface area contributed by atoms with Gasteiger partial charge in [0.05, 0.1) is 5.75 Å². The van der Waals surface area contributed by atoms with Crippen LogP contribution < -0.4 is 0 Å². The van der Waals surface area contributed by atoms with Crippen LogP contribution in [-0.2, 0) is 14.8 Å². The van der Waals surface area contributed by atoms with Crippen LogP contribution in [0.1, 0.15) is 33.6 Å². The van der Waals surface area contributed by atoms with Crippen molar-refractivity contribution in [3.8, 4) is 0 Å². The lowest BCUT2D eigenvalue weighted by atomic mass is 10.0. The summed E-state index contributed by atoms with van der Waals surface area (Å²) in [7, 11) is -3.11. The van der Waals surface area contributed by atoms with Gasteiger partial charge in [-0.15, -0.1) is 0 Å². The van der Waals surface area contributed by atoms with Gasteiger partial charge in [-0.25, -0.2) is 8.42 Å². The Balaban J connectivity index is 2.57. The molecule has 18 heavy (non-hydrogen) atoms. The second-order valence-corrected chi connectivity index (χ2v) is 6.90. The lowest BCUT2D eigenvalue weighted by Gasteiger charge is -2.35. The molecule has 0 N–H and O–H groups in total. The van der Waals surface area contributed by atoms with E-state index in [0.717, 1.165) is 12.8 Å². The largest absolute Gasteiger partial charge is 0.340 e. The summed E-state index contributed by atoms with van der Waals surface area (Å²) in [4.78, 5) is 13.9. The van der Waals surface area contributed by atoms with Crippen molar-refractivity contribution in [1.82, 2.24) is 9.21 Å². The van der Waals surface area contributed by atoms with Crippen molar-refractivity contribution >= 4 is 15.9 Å². The van der Waals surface area contributed by atoms with E-state index in [0.29, 0.717) is 26.2 Å². The van der Waals surface area contributed by atoms with Gasteiger partial charge in [-0.3, -0.25) is 4.79 Å². The van der Waals surface area contributed by atoms with Gasteiger partial charge in [0.25, 0.3) is 0 Å². The normalized spacial score (nSPS) is 18.3. The molecule has 0 aliphatic carbocycles. The molecule has 6 heteroatoms. The van der Waals surface area contributed by atoms with Crippen LogP contribution in [0, 0.1) is 5.92 Å². The highest BCUT2D eigenvalue weighted by Gasteiger charge is 2.29. The van der Waals surface area contributed by atoms with Crippen molar-refractivity contribution in [3.63, 3.8) is 0 Å². The molecule has 1 fully saturated rings. The van der Waals surface area contributed by atoms with Gasteiger partial charge in [-0.05, 0) is 19.8 Å². The van der Waals surface area contributed by atoms with Crippen LogP contribution in [0.25, 0.3) is 0 Å². The maximum absolute atomic E-state index is 12.1. The maximum atomic E-state index is 12.1. The highest BCUT2D eigenvalue weighted by molar-refractivity contribution is 7.89. The molecule has 106 valence electrons. The van der Waals surface area contributed by atoms with Crippen molar-refractivity contribution in [2.24, 2.45) is 5.92 Å². The van der Waals surface area contributed by atoms with Gasteiger partial charge in [-0.1, -0.05) is 13.8 Å². The van der Waals surface area contributed by atoms with Gasteiger partial charge in [0.1, 0.15) is 0 Å². The Labute approximate surface area is 110 Å². The topological polar surface area (TPSA) is 57.7 Å². The molecule has 0 aromatic heterocycles. The second-order valence-electron chi connectivity index (χ2n) is 4.64. The number of nitrogens with zero attached hydrogens (tertiary/aromatic N) is 2. The molecule has 1 aliphatic heterocycles. The first kappa shape index (κ1) is 15.4. The van der Waals surface area contributed by atoms with Gasteiger partial charge < -0.3 is 4.90 Å². The van der Waals surface area contributed by atoms with Gasteiger partial charge in [-0.2, -0.15) is 4.31 Å². The number of rotatable bonds is 5.